The lowest BCUT2D eigenvalue weighted by Gasteiger charge is -2.19. The number of hydrogen-bond acceptors (Lipinski definition) is 4. The van der Waals surface area contributed by atoms with E-state index >= 15 is 0 Å². The third-order valence-corrected chi connectivity index (χ3v) is 2.41. The fourth-order valence-corrected chi connectivity index (χ4v) is 1.68. The zero-order chi connectivity index (χ0) is 11.5. The third kappa shape index (κ3) is 1.84. The molecule has 0 N–H and O–H groups in total. The van der Waals surface area contributed by atoms with Gasteiger partial charge in [0.25, 0.3) is 5.69 Å². The number of hydrogen-bond donors (Lipinski definition) is 0. The summed E-state index contributed by atoms with van der Waals surface area (Å²) in [5.74, 6) is 0.667. The highest BCUT2D eigenvalue weighted by atomic mass is 16.6. The van der Waals surface area contributed by atoms with E-state index in [0.29, 0.717) is 18.8 Å². The molecule has 0 saturated carbocycles. The Labute approximate surface area is 92.4 Å². The van der Waals surface area contributed by atoms with Gasteiger partial charge in [-0.05, 0) is 6.07 Å². The molecule has 0 atom stereocenters. The van der Waals surface area contributed by atoms with Crippen molar-refractivity contribution in [2.75, 3.05) is 13.7 Å². The molecule has 16 heavy (non-hydrogen) atoms. The topological polar surface area (TPSA) is 61.6 Å². The molecule has 1 aliphatic rings. The van der Waals surface area contributed by atoms with Crippen molar-refractivity contribution in [3.8, 4) is 5.75 Å². The van der Waals surface area contributed by atoms with Crippen LogP contribution in [0, 0.1) is 10.1 Å². The minimum atomic E-state index is -0.417. The van der Waals surface area contributed by atoms with E-state index in [4.69, 9.17) is 9.47 Å². The van der Waals surface area contributed by atoms with Gasteiger partial charge in [0, 0.05) is 29.7 Å². The number of non-ortho nitro benzene ring substituents is 1. The van der Waals surface area contributed by atoms with E-state index in [9.17, 15) is 10.1 Å². The Hall–Kier alpha value is -2.04. The van der Waals surface area contributed by atoms with Gasteiger partial charge >= 0.3 is 0 Å². The molecule has 5 nitrogen and oxygen atoms in total. The van der Waals surface area contributed by atoms with E-state index in [1.165, 1.54) is 12.1 Å². The monoisotopic (exact) mass is 221 g/mol. The van der Waals surface area contributed by atoms with Gasteiger partial charge in [-0.1, -0.05) is 0 Å². The smallest absolute Gasteiger partial charge is 0.270 e. The molecule has 84 valence electrons. The van der Waals surface area contributed by atoms with Crippen LogP contribution in [0.2, 0.25) is 0 Å². The molecule has 0 amide bonds. The summed E-state index contributed by atoms with van der Waals surface area (Å²) in [6.07, 6.45) is 2.30. The van der Waals surface area contributed by atoms with Crippen LogP contribution in [0.3, 0.4) is 0 Å². The molecule has 0 bridgehead atoms. The van der Waals surface area contributed by atoms with E-state index < -0.39 is 4.92 Å². The summed E-state index contributed by atoms with van der Waals surface area (Å²) in [6.45, 7) is 0.569. The number of benzene rings is 1. The second-order valence-electron chi connectivity index (χ2n) is 3.41. The maximum absolute atomic E-state index is 10.7. The fraction of sp³-hybridized carbons (Fsp3) is 0.273. The van der Waals surface area contributed by atoms with Crippen molar-refractivity contribution < 1.29 is 14.4 Å². The molecule has 0 aliphatic carbocycles. The average Bonchev–Trinajstić information content (AvgIpc) is 2.29. The summed E-state index contributed by atoms with van der Waals surface area (Å²) in [4.78, 5) is 10.2. The Kier molecular flexibility index (Phi) is 2.76. The Balaban J connectivity index is 2.48. The van der Waals surface area contributed by atoms with Crippen molar-refractivity contribution in [2.45, 2.75) is 6.42 Å². The number of ether oxygens (including phenoxy) is 2. The Morgan fingerprint density at radius 3 is 3.06 bits per heavy atom. The number of nitro benzene ring substituents is 1. The number of nitrogens with zero attached hydrogens (tertiary/aromatic N) is 1. The van der Waals surface area contributed by atoms with Crippen LogP contribution in [0.5, 0.6) is 5.75 Å². The molecule has 5 heteroatoms. The summed E-state index contributed by atoms with van der Waals surface area (Å²) in [5.41, 5.74) is 1.72. The van der Waals surface area contributed by atoms with Crippen molar-refractivity contribution in [2.24, 2.45) is 0 Å². The number of nitro groups is 1. The minimum absolute atomic E-state index is 0.0613. The average molecular weight is 221 g/mol. The predicted molar refractivity (Wildman–Crippen MR) is 58.2 cm³/mol. The van der Waals surface area contributed by atoms with Crippen LogP contribution in [0.25, 0.3) is 5.57 Å². The summed E-state index contributed by atoms with van der Waals surface area (Å²) < 4.78 is 10.4. The van der Waals surface area contributed by atoms with Crippen LogP contribution in [-0.2, 0) is 4.74 Å². The lowest BCUT2D eigenvalue weighted by atomic mass is 10.0. The molecule has 1 aromatic carbocycles. The molecule has 0 saturated heterocycles. The maximum atomic E-state index is 10.7. The zero-order valence-electron chi connectivity index (χ0n) is 8.80. The van der Waals surface area contributed by atoms with Crippen LogP contribution < -0.4 is 4.74 Å². The normalized spacial score (nSPS) is 16.4. The number of fused-ring (bicyclic) bond motifs is 1. The van der Waals surface area contributed by atoms with Crippen LogP contribution in [-0.4, -0.2) is 18.6 Å². The molecule has 0 radical (unpaired) electrons. The quantitative estimate of drug-likeness (QED) is 0.437. The third-order valence-electron chi connectivity index (χ3n) is 2.41. The summed E-state index contributed by atoms with van der Waals surface area (Å²) >= 11 is 0. The first-order chi connectivity index (χ1) is 7.72. The fourth-order valence-electron chi connectivity index (χ4n) is 1.68. The highest BCUT2D eigenvalue weighted by molar-refractivity contribution is 5.73. The SMILES string of the molecule is CO/C=C1\CCOc2ccc([N+](=O)[O-])cc21. The summed E-state index contributed by atoms with van der Waals surface area (Å²) in [6, 6.07) is 4.57. The van der Waals surface area contributed by atoms with Crippen molar-refractivity contribution in [3.63, 3.8) is 0 Å². The van der Waals surface area contributed by atoms with Gasteiger partial charge in [0.15, 0.2) is 0 Å². The first-order valence-electron chi connectivity index (χ1n) is 4.86. The van der Waals surface area contributed by atoms with E-state index in [1.54, 1.807) is 19.4 Å². The van der Waals surface area contributed by atoms with Crippen LogP contribution in [0.1, 0.15) is 12.0 Å². The summed E-state index contributed by atoms with van der Waals surface area (Å²) in [5, 5.41) is 10.7. The first kappa shape index (κ1) is 10.5. The Morgan fingerprint density at radius 2 is 2.38 bits per heavy atom. The zero-order valence-corrected chi connectivity index (χ0v) is 8.80. The number of rotatable bonds is 2. The molecule has 1 aliphatic heterocycles. The van der Waals surface area contributed by atoms with Crippen LogP contribution in [0.15, 0.2) is 24.5 Å². The van der Waals surface area contributed by atoms with Gasteiger partial charge in [-0.15, -0.1) is 0 Å². The van der Waals surface area contributed by atoms with Gasteiger partial charge in [0.1, 0.15) is 5.75 Å². The van der Waals surface area contributed by atoms with E-state index in [-0.39, 0.29) is 5.69 Å². The molecule has 2 rings (SSSR count). The van der Waals surface area contributed by atoms with E-state index in [0.717, 1.165) is 11.1 Å². The maximum Gasteiger partial charge on any atom is 0.270 e. The van der Waals surface area contributed by atoms with Gasteiger partial charge in [0.05, 0.1) is 24.9 Å². The molecular weight excluding hydrogens is 210 g/mol. The second-order valence-corrected chi connectivity index (χ2v) is 3.41. The van der Waals surface area contributed by atoms with E-state index in [2.05, 4.69) is 0 Å². The minimum Gasteiger partial charge on any atom is -0.504 e. The van der Waals surface area contributed by atoms with Crippen LogP contribution >= 0.6 is 0 Å². The molecule has 0 spiro atoms. The van der Waals surface area contributed by atoms with Gasteiger partial charge in [0.2, 0.25) is 0 Å². The molecule has 0 fully saturated rings. The molecular formula is C11H11NO4. The molecule has 1 aromatic rings. The van der Waals surface area contributed by atoms with E-state index in [1.807, 2.05) is 0 Å². The predicted octanol–water partition coefficient (Wildman–Crippen LogP) is 2.36. The lowest BCUT2D eigenvalue weighted by molar-refractivity contribution is -0.384. The van der Waals surface area contributed by atoms with Crippen molar-refractivity contribution in [3.05, 3.63) is 40.1 Å². The Morgan fingerprint density at radius 1 is 1.56 bits per heavy atom. The highest BCUT2D eigenvalue weighted by Crippen LogP contribution is 2.35. The van der Waals surface area contributed by atoms with Gasteiger partial charge in [-0.3, -0.25) is 10.1 Å². The molecule has 0 aromatic heterocycles. The second kappa shape index (κ2) is 4.22. The molecule has 1 heterocycles. The lowest BCUT2D eigenvalue weighted by Crippen LogP contribution is -2.08. The van der Waals surface area contributed by atoms with Crippen molar-refractivity contribution in [1.29, 1.82) is 0 Å². The summed E-state index contributed by atoms with van der Waals surface area (Å²) in [7, 11) is 1.56. The van der Waals surface area contributed by atoms with Crippen LogP contribution in [0.4, 0.5) is 5.69 Å². The Bertz CT molecular complexity index is 453. The number of methoxy groups -OCH3 is 1. The van der Waals surface area contributed by atoms with Crippen molar-refractivity contribution in [1.82, 2.24) is 0 Å². The van der Waals surface area contributed by atoms with Crippen molar-refractivity contribution >= 4 is 11.3 Å². The highest BCUT2D eigenvalue weighted by Gasteiger charge is 2.19. The van der Waals surface area contributed by atoms with Gasteiger partial charge in [-0.25, -0.2) is 0 Å². The largest absolute Gasteiger partial charge is 0.504 e. The van der Waals surface area contributed by atoms with Gasteiger partial charge < -0.3 is 9.47 Å². The van der Waals surface area contributed by atoms with Gasteiger partial charge in [-0.2, -0.15) is 0 Å². The standard InChI is InChI=1S/C11H11NO4/c1-15-7-8-4-5-16-11-3-2-9(12(13)14)6-10(8)11/h2-3,6-7H,4-5H2,1H3/b8-7+. The first-order valence-corrected chi connectivity index (χ1v) is 4.86. The molecule has 0 unspecified atom stereocenters.